The summed E-state index contributed by atoms with van der Waals surface area (Å²) in [5.41, 5.74) is 12.9. The van der Waals surface area contributed by atoms with Gasteiger partial charge in [-0.05, 0) is 53.8 Å². The monoisotopic (exact) mass is 519 g/mol. The SMILES string of the molecule is C=CSNC1CCN(Cc2ccc(-n3c(-c4cccnc4N)nc4ccc(-c5ccccc5)nc43)cc2)C1. The summed E-state index contributed by atoms with van der Waals surface area (Å²) in [5.74, 6) is 1.17. The van der Waals surface area contributed by atoms with Crippen molar-refractivity contribution in [1.29, 1.82) is 0 Å². The molecule has 1 atom stereocenters. The van der Waals surface area contributed by atoms with Crippen molar-refractivity contribution >= 4 is 28.9 Å². The van der Waals surface area contributed by atoms with Crippen LogP contribution in [0.2, 0.25) is 0 Å². The van der Waals surface area contributed by atoms with E-state index in [1.165, 1.54) is 5.56 Å². The highest BCUT2D eigenvalue weighted by Gasteiger charge is 2.22. The maximum Gasteiger partial charge on any atom is 0.165 e. The van der Waals surface area contributed by atoms with E-state index in [0.717, 1.165) is 65.6 Å². The molecule has 0 saturated carbocycles. The molecule has 1 unspecified atom stereocenters. The number of nitrogens with two attached hydrogens (primary N) is 1. The first kappa shape index (κ1) is 24.4. The molecule has 6 rings (SSSR count). The third-order valence-corrected chi connectivity index (χ3v) is 7.48. The minimum atomic E-state index is 0.441. The summed E-state index contributed by atoms with van der Waals surface area (Å²) < 4.78 is 5.54. The summed E-state index contributed by atoms with van der Waals surface area (Å²) in [6, 6.07) is 27.2. The van der Waals surface area contributed by atoms with Crippen LogP contribution in [-0.4, -0.2) is 43.6 Å². The van der Waals surface area contributed by atoms with Gasteiger partial charge in [-0.25, -0.2) is 15.0 Å². The maximum atomic E-state index is 6.30. The summed E-state index contributed by atoms with van der Waals surface area (Å²) >= 11 is 1.57. The van der Waals surface area contributed by atoms with E-state index in [0.29, 0.717) is 11.9 Å². The maximum absolute atomic E-state index is 6.30. The summed E-state index contributed by atoms with van der Waals surface area (Å²) in [7, 11) is 0. The predicted octanol–water partition coefficient (Wildman–Crippen LogP) is 5.69. The van der Waals surface area contributed by atoms with Gasteiger partial charge >= 0.3 is 0 Å². The Labute approximate surface area is 226 Å². The molecule has 5 aromatic rings. The van der Waals surface area contributed by atoms with Crippen molar-refractivity contribution in [2.75, 3.05) is 18.8 Å². The Hall–Kier alpha value is -3.98. The molecule has 8 heteroatoms. The number of rotatable bonds is 8. The Balaban J connectivity index is 1.37. The zero-order valence-electron chi connectivity index (χ0n) is 21.0. The normalized spacial score (nSPS) is 15.7. The average molecular weight is 520 g/mol. The van der Waals surface area contributed by atoms with E-state index in [9.17, 15) is 0 Å². The fourth-order valence-electron chi connectivity index (χ4n) is 4.98. The van der Waals surface area contributed by atoms with Crippen molar-refractivity contribution in [3.8, 4) is 28.3 Å². The number of fused-ring (bicyclic) bond motifs is 1. The molecule has 1 aliphatic heterocycles. The topological polar surface area (TPSA) is 84.9 Å². The lowest BCUT2D eigenvalue weighted by atomic mass is 10.1. The summed E-state index contributed by atoms with van der Waals surface area (Å²) in [6.07, 6.45) is 2.84. The summed E-state index contributed by atoms with van der Waals surface area (Å²) in [6.45, 7) is 6.81. The van der Waals surface area contributed by atoms with Crippen LogP contribution >= 0.6 is 11.9 Å². The summed E-state index contributed by atoms with van der Waals surface area (Å²) in [5, 5.41) is 1.84. The molecule has 0 spiro atoms. The van der Waals surface area contributed by atoms with Crippen molar-refractivity contribution in [3.05, 3.63) is 103 Å². The van der Waals surface area contributed by atoms with Crippen molar-refractivity contribution in [2.24, 2.45) is 0 Å². The lowest BCUT2D eigenvalue weighted by Gasteiger charge is -2.17. The number of benzene rings is 2. The molecule has 0 aliphatic carbocycles. The number of nitrogen functional groups attached to an aromatic ring is 1. The molecule has 1 aliphatic rings. The molecule has 0 radical (unpaired) electrons. The first-order valence-corrected chi connectivity index (χ1v) is 13.6. The van der Waals surface area contributed by atoms with Crippen LogP contribution in [-0.2, 0) is 6.54 Å². The minimum Gasteiger partial charge on any atom is -0.383 e. The fraction of sp³-hybridized carbons (Fsp3) is 0.167. The van der Waals surface area contributed by atoms with Gasteiger partial charge in [-0.1, -0.05) is 61.0 Å². The van der Waals surface area contributed by atoms with Gasteiger partial charge in [0.1, 0.15) is 11.3 Å². The zero-order chi connectivity index (χ0) is 25.9. The second-order valence-corrected chi connectivity index (χ2v) is 10.2. The lowest BCUT2D eigenvalue weighted by Crippen LogP contribution is -2.27. The van der Waals surface area contributed by atoms with Gasteiger partial charge in [0, 0.05) is 43.1 Å². The zero-order valence-corrected chi connectivity index (χ0v) is 21.8. The number of aromatic nitrogens is 4. The van der Waals surface area contributed by atoms with Gasteiger partial charge in [-0.3, -0.25) is 14.2 Å². The van der Waals surface area contributed by atoms with E-state index >= 15 is 0 Å². The smallest absolute Gasteiger partial charge is 0.165 e. The van der Waals surface area contributed by atoms with E-state index in [1.807, 2.05) is 47.9 Å². The number of imidazole rings is 1. The van der Waals surface area contributed by atoms with Crippen LogP contribution in [0.25, 0.3) is 39.5 Å². The molecular weight excluding hydrogens is 490 g/mol. The van der Waals surface area contributed by atoms with Crippen molar-refractivity contribution in [1.82, 2.24) is 29.1 Å². The first-order chi connectivity index (χ1) is 18.7. The van der Waals surface area contributed by atoms with Gasteiger partial charge in [-0.15, -0.1) is 0 Å². The Bertz CT molecular complexity index is 1560. The molecule has 1 saturated heterocycles. The largest absolute Gasteiger partial charge is 0.383 e. The molecule has 7 nitrogen and oxygen atoms in total. The Morgan fingerprint density at radius 2 is 1.84 bits per heavy atom. The van der Waals surface area contributed by atoms with Gasteiger partial charge in [0.25, 0.3) is 0 Å². The van der Waals surface area contributed by atoms with Crippen molar-refractivity contribution in [2.45, 2.75) is 19.0 Å². The van der Waals surface area contributed by atoms with Crippen molar-refractivity contribution in [3.63, 3.8) is 0 Å². The van der Waals surface area contributed by atoms with Gasteiger partial charge in [0.05, 0.1) is 11.3 Å². The number of anilines is 1. The van der Waals surface area contributed by atoms with Gasteiger partial charge in [0.2, 0.25) is 0 Å². The number of hydrogen-bond donors (Lipinski definition) is 2. The van der Waals surface area contributed by atoms with Crippen LogP contribution in [0.3, 0.4) is 0 Å². The molecular formula is C30H29N7S. The van der Waals surface area contributed by atoms with Crippen molar-refractivity contribution < 1.29 is 0 Å². The van der Waals surface area contributed by atoms with Crippen LogP contribution in [0.5, 0.6) is 0 Å². The fourth-order valence-corrected chi connectivity index (χ4v) is 5.47. The Morgan fingerprint density at radius 1 is 1.00 bits per heavy atom. The highest BCUT2D eigenvalue weighted by Crippen LogP contribution is 2.32. The number of likely N-dealkylation sites (tertiary alicyclic amines) is 1. The Kier molecular flexibility index (Phi) is 6.92. The standard InChI is InChI=1S/C30H29N7S/c1-2-38-35-23-16-18-36(20-23)19-21-10-12-24(13-11-21)37-29(25-9-6-17-32-28(25)31)34-27-15-14-26(33-30(27)37)22-7-4-3-5-8-22/h2-15,17,23,35H,1,16,18-20H2,(H2,31,32). The molecule has 190 valence electrons. The number of hydrogen-bond acceptors (Lipinski definition) is 7. The molecule has 0 bridgehead atoms. The van der Waals surface area contributed by atoms with E-state index in [1.54, 1.807) is 18.1 Å². The molecule has 3 N–H and O–H groups in total. The highest BCUT2D eigenvalue weighted by atomic mass is 32.2. The van der Waals surface area contributed by atoms with Gasteiger partial charge < -0.3 is 5.73 Å². The van der Waals surface area contributed by atoms with Gasteiger partial charge in [-0.2, -0.15) is 0 Å². The lowest BCUT2D eigenvalue weighted by molar-refractivity contribution is 0.325. The number of nitrogens with one attached hydrogen (secondary N) is 1. The Morgan fingerprint density at radius 3 is 2.63 bits per heavy atom. The molecule has 0 amide bonds. The molecule has 2 aromatic carbocycles. The third-order valence-electron chi connectivity index (χ3n) is 6.84. The van der Waals surface area contributed by atoms with Gasteiger partial charge in [0.15, 0.2) is 11.5 Å². The van der Waals surface area contributed by atoms with Crippen LogP contribution in [0, 0.1) is 0 Å². The quantitative estimate of drug-likeness (QED) is 0.255. The first-order valence-electron chi connectivity index (χ1n) is 12.7. The van der Waals surface area contributed by atoms with Crippen LogP contribution in [0.1, 0.15) is 12.0 Å². The van der Waals surface area contributed by atoms with Crippen LogP contribution in [0.15, 0.2) is 97.0 Å². The average Bonchev–Trinajstić information content (AvgIpc) is 3.57. The number of nitrogens with zero attached hydrogens (tertiary/aromatic N) is 5. The third kappa shape index (κ3) is 4.93. The second-order valence-electron chi connectivity index (χ2n) is 9.40. The van der Waals surface area contributed by atoms with Crippen LogP contribution in [0.4, 0.5) is 5.82 Å². The second kappa shape index (κ2) is 10.8. The summed E-state index contributed by atoms with van der Waals surface area (Å²) in [4.78, 5) is 16.8. The molecule has 38 heavy (non-hydrogen) atoms. The molecule has 1 fully saturated rings. The predicted molar refractivity (Wildman–Crippen MR) is 157 cm³/mol. The highest BCUT2D eigenvalue weighted by molar-refractivity contribution is 8.00. The minimum absolute atomic E-state index is 0.441. The van der Waals surface area contributed by atoms with E-state index in [4.69, 9.17) is 15.7 Å². The van der Waals surface area contributed by atoms with E-state index in [-0.39, 0.29) is 0 Å². The van der Waals surface area contributed by atoms with E-state index in [2.05, 4.69) is 62.2 Å². The molecule has 4 heterocycles. The number of pyridine rings is 2. The molecule has 3 aromatic heterocycles. The van der Waals surface area contributed by atoms with Crippen LogP contribution < -0.4 is 10.5 Å². The van der Waals surface area contributed by atoms with E-state index < -0.39 is 0 Å².